The third-order valence-electron chi connectivity index (χ3n) is 5.32. The summed E-state index contributed by atoms with van der Waals surface area (Å²) >= 11 is 0. The Morgan fingerprint density at radius 1 is 1.21 bits per heavy atom. The molecular weight excluding hydrogens is 307 g/mol. The fourth-order valence-electron chi connectivity index (χ4n) is 3.82. The van der Waals surface area contributed by atoms with Gasteiger partial charge >= 0.3 is 0 Å². The zero-order valence-corrected chi connectivity index (χ0v) is 14.5. The smallest absolute Gasteiger partial charge is 0.146 e. The lowest BCUT2D eigenvalue weighted by atomic mass is 10.1. The molecule has 24 heavy (non-hydrogen) atoms. The van der Waals surface area contributed by atoms with Gasteiger partial charge in [0, 0.05) is 32.7 Å². The Hall–Kier alpha value is -1.17. The van der Waals surface area contributed by atoms with Gasteiger partial charge in [-0.15, -0.1) is 0 Å². The highest BCUT2D eigenvalue weighted by molar-refractivity contribution is 5.47. The predicted molar refractivity (Wildman–Crippen MR) is 93.8 cm³/mol. The van der Waals surface area contributed by atoms with E-state index in [1.54, 1.807) is 6.07 Å². The second-order valence-electron chi connectivity index (χ2n) is 7.17. The summed E-state index contributed by atoms with van der Waals surface area (Å²) in [5, 5.41) is 10.2. The summed E-state index contributed by atoms with van der Waals surface area (Å²) in [6.07, 6.45) is 3.46. The van der Waals surface area contributed by atoms with Crippen LogP contribution < -0.4 is 4.90 Å². The van der Waals surface area contributed by atoms with Crippen LogP contribution in [-0.2, 0) is 4.74 Å². The van der Waals surface area contributed by atoms with E-state index in [4.69, 9.17) is 4.74 Å². The van der Waals surface area contributed by atoms with Gasteiger partial charge in [0.1, 0.15) is 5.82 Å². The number of aliphatic hydroxyl groups is 1. The van der Waals surface area contributed by atoms with Gasteiger partial charge in [-0.1, -0.05) is 25.5 Å². The molecule has 0 aromatic heterocycles. The largest absolute Gasteiger partial charge is 0.389 e. The van der Waals surface area contributed by atoms with Crippen LogP contribution in [0.15, 0.2) is 24.3 Å². The van der Waals surface area contributed by atoms with Crippen LogP contribution in [0.2, 0.25) is 0 Å². The number of halogens is 1. The Kier molecular flexibility index (Phi) is 6.09. The minimum absolute atomic E-state index is 0.162. The number of aliphatic hydroxyl groups excluding tert-OH is 1. The third kappa shape index (κ3) is 4.47. The van der Waals surface area contributed by atoms with Gasteiger partial charge in [-0.05, 0) is 30.9 Å². The van der Waals surface area contributed by atoms with Crippen molar-refractivity contribution in [1.29, 1.82) is 0 Å². The van der Waals surface area contributed by atoms with Crippen molar-refractivity contribution in [3.8, 4) is 0 Å². The SMILES string of the molecule is C[C@@H]1CCC[C@@H]1OC[C@@H](O)CN1CCN(c2ccccc2F)CC1. The number of anilines is 1. The number of ether oxygens (including phenoxy) is 1. The molecule has 0 radical (unpaired) electrons. The Labute approximate surface area is 144 Å². The van der Waals surface area contributed by atoms with Crippen molar-refractivity contribution in [3.63, 3.8) is 0 Å². The lowest BCUT2D eigenvalue weighted by molar-refractivity contribution is -0.0321. The van der Waals surface area contributed by atoms with E-state index in [1.165, 1.54) is 18.9 Å². The Balaban J connectivity index is 1.39. The molecule has 1 aromatic carbocycles. The van der Waals surface area contributed by atoms with Gasteiger partial charge in [-0.2, -0.15) is 0 Å². The van der Waals surface area contributed by atoms with Crippen molar-refractivity contribution < 1.29 is 14.2 Å². The molecule has 0 unspecified atom stereocenters. The predicted octanol–water partition coefficient (Wildman–Crippen LogP) is 2.51. The number of nitrogens with zero attached hydrogens (tertiary/aromatic N) is 2. The first kappa shape index (κ1) is 17.6. The number of benzene rings is 1. The molecule has 1 N–H and O–H groups in total. The van der Waals surface area contributed by atoms with E-state index in [0.717, 1.165) is 32.6 Å². The van der Waals surface area contributed by atoms with Crippen LogP contribution in [-0.4, -0.2) is 61.5 Å². The quantitative estimate of drug-likeness (QED) is 0.866. The maximum atomic E-state index is 13.8. The third-order valence-corrected chi connectivity index (χ3v) is 5.32. The van der Waals surface area contributed by atoms with Crippen LogP contribution in [0.5, 0.6) is 0 Å². The number of rotatable bonds is 6. The summed E-state index contributed by atoms with van der Waals surface area (Å²) < 4.78 is 19.7. The number of para-hydroxylation sites is 1. The standard InChI is InChI=1S/C19H29FN2O2/c1-15-5-4-8-19(15)24-14-16(23)13-21-9-11-22(12-10-21)18-7-3-2-6-17(18)20/h2-3,6-7,15-16,19,23H,4-5,8-14H2,1H3/t15-,16+,19+/m1/s1. The molecule has 3 rings (SSSR count). The van der Waals surface area contributed by atoms with E-state index in [0.29, 0.717) is 30.9 Å². The van der Waals surface area contributed by atoms with Gasteiger partial charge < -0.3 is 14.7 Å². The maximum Gasteiger partial charge on any atom is 0.146 e. The van der Waals surface area contributed by atoms with E-state index in [9.17, 15) is 9.50 Å². The molecule has 134 valence electrons. The van der Waals surface area contributed by atoms with Crippen LogP contribution in [0.3, 0.4) is 0 Å². The van der Waals surface area contributed by atoms with Crippen LogP contribution >= 0.6 is 0 Å². The number of β-amino-alcohol motifs (C(OH)–C–C–N with tert-alkyl or cyclic N) is 1. The molecule has 1 heterocycles. The van der Waals surface area contributed by atoms with Gasteiger partial charge in [0.25, 0.3) is 0 Å². The summed E-state index contributed by atoms with van der Waals surface area (Å²) in [5.41, 5.74) is 0.677. The monoisotopic (exact) mass is 336 g/mol. The van der Waals surface area contributed by atoms with Crippen LogP contribution in [0.1, 0.15) is 26.2 Å². The first-order valence-electron chi connectivity index (χ1n) is 9.15. The van der Waals surface area contributed by atoms with Crippen molar-refractivity contribution in [3.05, 3.63) is 30.1 Å². The van der Waals surface area contributed by atoms with Crippen LogP contribution in [0.4, 0.5) is 10.1 Å². The summed E-state index contributed by atoms with van der Waals surface area (Å²) in [5.74, 6) is 0.451. The maximum absolute atomic E-state index is 13.8. The van der Waals surface area contributed by atoms with E-state index < -0.39 is 6.10 Å². The Bertz CT molecular complexity index is 520. The van der Waals surface area contributed by atoms with E-state index in [1.807, 2.05) is 12.1 Å². The fraction of sp³-hybridized carbons (Fsp3) is 0.684. The average molecular weight is 336 g/mol. The van der Waals surface area contributed by atoms with Gasteiger partial charge in [-0.3, -0.25) is 4.90 Å². The molecule has 3 atom stereocenters. The summed E-state index contributed by atoms with van der Waals surface area (Å²) in [4.78, 5) is 4.32. The first-order chi connectivity index (χ1) is 11.6. The summed E-state index contributed by atoms with van der Waals surface area (Å²) in [6, 6.07) is 6.93. The van der Waals surface area contributed by atoms with Crippen molar-refractivity contribution in [2.24, 2.45) is 5.92 Å². The van der Waals surface area contributed by atoms with E-state index >= 15 is 0 Å². The minimum atomic E-state index is -0.446. The molecule has 0 amide bonds. The van der Waals surface area contributed by atoms with Crippen molar-refractivity contribution in [1.82, 2.24) is 4.90 Å². The molecule has 1 saturated carbocycles. The molecule has 0 spiro atoms. The molecular formula is C19H29FN2O2. The van der Waals surface area contributed by atoms with Crippen molar-refractivity contribution >= 4 is 5.69 Å². The molecule has 0 bridgehead atoms. The van der Waals surface area contributed by atoms with Crippen LogP contribution in [0.25, 0.3) is 0 Å². The summed E-state index contributed by atoms with van der Waals surface area (Å²) in [6.45, 7) is 6.53. The fourth-order valence-corrected chi connectivity index (χ4v) is 3.82. The highest BCUT2D eigenvalue weighted by Gasteiger charge is 2.26. The lowest BCUT2D eigenvalue weighted by Crippen LogP contribution is -2.49. The molecule has 1 aliphatic carbocycles. The molecule has 1 aliphatic heterocycles. The van der Waals surface area contributed by atoms with Gasteiger partial charge in [0.05, 0.1) is 24.5 Å². The number of hydrogen-bond donors (Lipinski definition) is 1. The molecule has 2 aliphatic rings. The van der Waals surface area contributed by atoms with E-state index in [2.05, 4.69) is 16.7 Å². The molecule has 1 saturated heterocycles. The number of piperazine rings is 1. The highest BCUT2D eigenvalue weighted by Crippen LogP contribution is 2.27. The molecule has 2 fully saturated rings. The molecule has 1 aromatic rings. The average Bonchev–Trinajstić information content (AvgIpc) is 2.99. The van der Waals surface area contributed by atoms with Crippen molar-refractivity contribution in [2.75, 3.05) is 44.2 Å². The van der Waals surface area contributed by atoms with Crippen LogP contribution in [0, 0.1) is 11.7 Å². The summed E-state index contributed by atoms with van der Waals surface area (Å²) in [7, 11) is 0. The molecule has 5 heteroatoms. The van der Waals surface area contributed by atoms with Gasteiger partial charge in [-0.25, -0.2) is 4.39 Å². The normalized spacial score (nSPS) is 26.7. The second-order valence-corrected chi connectivity index (χ2v) is 7.17. The van der Waals surface area contributed by atoms with Gasteiger partial charge in [0.2, 0.25) is 0 Å². The number of hydrogen-bond acceptors (Lipinski definition) is 4. The minimum Gasteiger partial charge on any atom is -0.389 e. The Morgan fingerprint density at radius 3 is 2.62 bits per heavy atom. The Morgan fingerprint density at radius 2 is 1.96 bits per heavy atom. The van der Waals surface area contributed by atoms with E-state index in [-0.39, 0.29) is 5.82 Å². The first-order valence-corrected chi connectivity index (χ1v) is 9.15. The van der Waals surface area contributed by atoms with Gasteiger partial charge in [0.15, 0.2) is 0 Å². The zero-order chi connectivity index (χ0) is 16.9. The topological polar surface area (TPSA) is 35.9 Å². The molecule has 4 nitrogen and oxygen atoms in total. The zero-order valence-electron chi connectivity index (χ0n) is 14.5. The lowest BCUT2D eigenvalue weighted by Gasteiger charge is -2.37. The highest BCUT2D eigenvalue weighted by atomic mass is 19.1. The van der Waals surface area contributed by atoms with Crippen molar-refractivity contribution in [2.45, 2.75) is 38.4 Å². The second kappa shape index (κ2) is 8.28.